The molecule has 0 radical (unpaired) electrons. The number of hydrogen-bond acceptors (Lipinski definition) is 6. The van der Waals surface area contributed by atoms with Gasteiger partial charge in [0.15, 0.2) is 0 Å². The third-order valence-electron chi connectivity index (χ3n) is 2.91. The Hall–Kier alpha value is -0.326. The average molecular weight is 308 g/mol. The van der Waals surface area contributed by atoms with Gasteiger partial charge in [-0.15, -0.1) is 0 Å². The fraction of sp³-hybridized carbons (Fsp3) is 0.636. The molecule has 19 heavy (non-hydrogen) atoms. The SMILES string of the molecule is C=CC=CC([Si](OC)(OC)OC)[Si](OC)(OC)OC. The molecule has 0 aliphatic rings. The molecule has 0 fully saturated rings. The molecule has 0 atom stereocenters. The molecule has 0 bridgehead atoms. The summed E-state index contributed by atoms with van der Waals surface area (Å²) in [6.07, 6.45) is 5.24. The van der Waals surface area contributed by atoms with E-state index in [1.807, 2.05) is 6.08 Å². The number of hydrogen-bond donors (Lipinski definition) is 0. The maximum absolute atomic E-state index is 5.51. The predicted molar refractivity (Wildman–Crippen MR) is 76.6 cm³/mol. The van der Waals surface area contributed by atoms with E-state index in [1.54, 1.807) is 12.2 Å². The molecular formula is C11H24O6Si2. The highest BCUT2D eigenvalue weighted by Crippen LogP contribution is 2.36. The second kappa shape index (κ2) is 8.77. The van der Waals surface area contributed by atoms with Gasteiger partial charge in [0.05, 0.1) is 0 Å². The van der Waals surface area contributed by atoms with E-state index < -0.39 is 22.8 Å². The summed E-state index contributed by atoms with van der Waals surface area (Å²) < 4.78 is 33.1. The number of allylic oxidation sites excluding steroid dienone is 3. The van der Waals surface area contributed by atoms with Crippen LogP contribution in [0, 0.1) is 0 Å². The lowest BCUT2D eigenvalue weighted by Gasteiger charge is -2.38. The summed E-state index contributed by atoms with van der Waals surface area (Å²) in [6, 6.07) is 0. The summed E-state index contributed by atoms with van der Waals surface area (Å²) in [4.78, 5) is 0. The molecule has 112 valence electrons. The molecule has 0 saturated heterocycles. The Kier molecular flexibility index (Phi) is 8.62. The summed E-state index contributed by atoms with van der Waals surface area (Å²) in [7, 11) is 3.15. The van der Waals surface area contributed by atoms with Crippen LogP contribution in [0.25, 0.3) is 0 Å². The number of rotatable bonds is 10. The molecule has 0 aromatic carbocycles. The minimum atomic E-state index is -3.03. The molecule has 0 rings (SSSR count). The standard InChI is InChI=1S/C11H24O6Si2/c1-8-9-10-11(18(12-2,13-3)14-4)19(15-5,16-6)17-7/h8-11H,1H2,2-7H3. The van der Waals surface area contributed by atoms with Crippen LogP contribution in [-0.4, -0.2) is 60.3 Å². The van der Waals surface area contributed by atoms with Crippen LogP contribution in [0.2, 0.25) is 5.16 Å². The van der Waals surface area contributed by atoms with Crippen molar-refractivity contribution in [1.29, 1.82) is 0 Å². The van der Waals surface area contributed by atoms with Gasteiger partial charge in [-0.2, -0.15) is 0 Å². The molecule has 0 saturated carbocycles. The van der Waals surface area contributed by atoms with Crippen LogP contribution in [0.1, 0.15) is 0 Å². The lowest BCUT2D eigenvalue weighted by atomic mass is 10.5. The predicted octanol–water partition coefficient (Wildman–Crippen LogP) is 1.39. The van der Waals surface area contributed by atoms with E-state index >= 15 is 0 Å². The maximum Gasteiger partial charge on any atom is 0.511 e. The highest BCUT2D eigenvalue weighted by Gasteiger charge is 2.62. The van der Waals surface area contributed by atoms with Crippen molar-refractivity contribution in [2.75, 3.05) is 42.7 Å². The van der Waals surface area contributed by atoms with Gasteiger partial charge in [-0.25, -0.2) is 0 Å². The lowest BCUT2D eigenvalue weighted by molar-refractivity contribution is 0.0869. The van der Waals surface area contributed by atoms with E-state index in [0.717, 1.165) is 0 Å². The zero-order chi connectivity index (χ0) is 14.9. The molecule has 8 heteroatoms. The Morgan fingerprint density at radius 3 is 1.26 bits per heavy atom. The minimum Gasteiger partial charge on any atom is -0.376 e. The van der Waals surface area contributed by atoms with Crippen LogP contribution in [0.4, 0.5) is 0 Å². The fourth-order valence-electron chi connectivity index (χ4n) is 1.90. The van der Waals surface area contributed by atoms with Crippen molar-refractivity contribution < 1.29 is 26.6 Å². The van der Waals surface area contributed by atoms with E-state index in [4.69, 9.17) is 26.6 Å². The van der Waals surface area contributed by atoms with Crippen LogP contribution in [0.3, 0.4) is 0 Å². The normalized spacial score (nSPS) is 13.4. The van der Waals surface area contributed by atoms with Crippen LogP contribution in [-0.2, 0) is 26.6 Å². The van der Waals surface area contributed by atoms with Gasteiger partial charge in [0.2, 0.25) is 0 Å². The Labute approximate surface area is 117 Å². The molecule has 0 heterocycles. The van der Waals surface area contributed by atoms with Crippen molar-refractivity contribution in [3.63, 3.8) is 0 Å². The average Bonchev–Trinajstić information content (AvgIpc) is 2.48. The Morgan fingerprint density at radius 2 is 1.05 bits per heavy atom. The van der Waals surface area contributed by atoms with Crippen molar-refractivity contribution in [3.8, 4) is 0 Å². The molecule has 0 aliphatic carbocycles. The van der Waals surface area contributed by atoms with Crippen molar-refractivity contribution >= 4 is 17.6 Å². The van der Waals surface area contributed by atoms with Gasteiger partial charge in [-0.05, 0) is 0 Å². The second-order valence-corrected chi connectivity index (χ2v) is 10.2. The first-order valence-corrected chi connectivity index (χ1v) is 9.26. The summed E-state index contributed by atoms with van der Waals surface area (Å²) in [5.74, 6) is 0. The zero-order valence-corrected chi connectivity index (χ0v) is 14.5. The van der Waals surface area contributed by atoms with Crippen LogP contribution >= 0.6 is 0 Å². The molecule has 0 aromatic rings. The first kappa shape index (κ1) is 18.7. The van der Waals surface area contributed by atoms with E-state index in [-0.39, 0.29) is 0 Å². The molecule has 0 spiro atoms. The summed E-state index contributed by atoms with van der Waals surface area (Å²) >= 11 is 0. The summed E-state index contributed by atoms with van der Waals surface area (Å²) in [5.41, 5.74) is 0. The molecule has 6 nitrogen and oxygen atoms in total. The van der Waals surface area contributed by atoms with Gasteiger partial charge in [0.1, 0.15) is 5.16 Å². The van der Waals surface area contributed by atoms with Crippen molar-refractivity contribution in [2.45, 2.75) is 5.16 Å². The monoisotopic (exact) mass is 308 g/mol. The van der Waals surface area contributed by atoms with Gasteiger partial charge in [-0.1, -0.05) is 24.8 Å². The Balaban J connectivity index is 5.76. The van der Waals surface area contributed by atoms with Crippen molar-refractivity contribution in [2.24, 2.45) is 0 Å². The van der Waals surface area contributed by atoms with E-state index in [1.165, 1.54) is 42.7 Å². The highest BCUT2D eigenvalue weighted by molar-refractivity contribution is 6.83. The quantitative estimate of drug-likeness (QED) is 0.449. The third kappa shape index (κ3) is 3.83. The zero-order valence-electron chi connectivity index (χ0n) is 12.5. The molecule has 0 unspecified atom stereocenters. The first-order valence-electron chi connectivity index (χ1n) is 5.66. The van der Waals surface area contributed by atoms with Gasteiger partial charge >= 0.3 is 17.6 Å². The van der Waals surface area contributed by atoms with E-state index in [2.05, 4.69) is 6.58 Å². The smallest absolute Gasteiger partial charge is 0.376 e. The second-order valence-electron chi connectivity index (χ2n) is 3.53. The van der Waals surface area contributed by atoms with Crippen molar-refractivity contribution in [1.82, 2.24) is 0 Å². The Morgan fingerprint density at radius 1 is 0.737 bits per heavy atom. The van der Waals surface area contributed by atoms with Crippen molar-refractivity contribution in [3.05, 3.63) is 24.8 Å². The van der Waals surface area contributed by atoms with Crippen LogP contribution in [0.15, 0.2) is 24.8 Å². The minimum absolute atomic E-state index is 0.391. The summed E-state index contributed by atoms with van der Waals surface area (Å²) in [5, 5.41) is -0.391. The van der Waals surface area contributed by atoms with Crippen LogP contribution in [0.5, 0.6) is 0 Å². The van der Waals surface area contributed by atoms with E-state index in [9.17, 15) is 0 Å². The topological polar surface area (TPSA) is 55.4 Å². The molecule has 0 amide bonds. The third-order valence-corrected chi connectivity index (χ3v) is 10.4. The highest BCUT2D eigenvalue weighted by atomic mass is 28.5. The molecule has 0 aliphatic heterocycles. The maximum atomic E-state index is 5.51. The van der Waals surface area contributed by atoms with Crippen LogP contribution < -0.4 is 0 Å². The van der Waals surface area contributed by atoms with Gasteiger partial charge in [0, 0.05) is 42.7 Å². The molecular weight excluding hydrogens is 284 g/mol. The van der Waals surface area contributed by atoms with Gasteiger partial charge < -0.3 is 26.6 Å². The van der Waals surface area contributed by atoms with E-state index in [0.29, 0.717) is 0 Å². The molecule has 0 N–H and O–H groups in total. The fourth-order valence-corrected chi connectivity index (χ4v) is 8.97. The van der Waals surface area contributed by atoms with Gasteiger partial charge in [-0.3, -0.25) is 0 Å². The summed E-state index contributed by atoms with van der Waals surface area (Å²) in [6.45, 7) is 3.65. The molecule has 0 aromatic heterocycles. The van der Waals surface area contributed by atoms with Gasteiger partial charge in [0.25, 0.3) is 0 Å². The lowest BCUT2D eigenvalue weighted by Crippen LogP contribution is -2.61. The Bertz CT molecular complexity index is 252. The first-order chi connectivity index (χ1) is 9.06. The largest absolute Gasteiger partial charge is 0.511 e.